The molecule has 0 amide bonds. The Morgan fingerprint density at radius 3 is 1.76 bits per heavy atom. The molecule has 0 spiro atoms. The van der Waals surface area contributed by atoms with Crippen molar-refractivity contribution >= 4 is 12.2 Å². The van der Waals surface area contributed by atoms with E-state index in [-0.39, 0.29) is 40.6 Å². The van der Waals surface area contributed by atoms with Gasteiger partial charge in [0.05, 0.1) is 5.75 Å². The van der Waals surface area contributed by atoms with Crippen molar-refractivity contribution in [1.82, 2.24) is 0 Å². The summed E-state index contributed by atoms with van der Waals surface area (Å²) in [5.41, 5.74) is 1.44. The average molecular weight is 328 g/mol. The molecule has 21 heavy (non-hydrogen) atoms. The summed E-state index contributed by atoms with van der Waals surface area (Å²) in [7, 11) is 0. The van der Waals surface area contributed by atoms with Gasteiger partial charge in [-0.05, 0) is 17.7 Å². The Hall–Kier alpha value is -2.05. The second-order valence-corrected chi connectivity index (χ2v) is 3.76. The summed E-state index contributed by atoms with van der Waals surface area (Å²) in [6.45, 7) is 0. The van der Waals surface area contributed by atoms with E-state index in [0.29, 0.717) is 5.56 Å². The Morgan fingerprint density at radius 2 is 1.24 bits per heavy atom. The maximum Gasteiger partial charge on any atom is 3.00 e. The molecular weight excluding hydrogens is 311 g/mol. The predicted octanol–water partition coefficient (Wildman–Crippen LogP) is 5.06. The number of nitrogens with two attached hydrogens (primary N) is 2. The summed E-state index contributed by atoms with van der Waals surface area (Å²) in [4.78, 5) is 0. The minimum absolute atomic E-state index is 0. The average Bonchev–Trinajstić information content (AvgIpc) is 2.38. The van der Waals surface area contributed by atoms with Crippen LogP contribution < -0.4 is 0 Å². The van der Waals surface area contributed by atoms with Crippen LogP contribution >= 0.6 is 0 Å². The molecule has 0 bridgehead atoms. The smallest absolute Gasteiger partial charge is 0.693 e. The molecule has 0 aromatic heterocycles. The molecule has 0 aliphatic heterocycles. The van der Waals surface area contributed by atoms with Gasteiger partial charge in [0.25, 0.3) is 0 Å². The first-order chi connectivity index (χ1) is 8.77. The summed E-state index contributed by atoms with van der Waals surface area (Å²) >= 11 is 0. The summed E-state index contributed by atoms with van der Waals surface area (Å²) in [5.74, 6) is 0.457. The van der Waals surface area contributed by atoms with Crippen LogP contribution in [0.2, 0.25) is 0 Å². The molecule has 0 saturated carbocycles. The molecule has 0 aliphatic carbocycles. The minimum Gasteiger partial charge on any atom is -0.693 e. The van der Waals surface area contributed by atoms with Crippen molar-refractivity contribution in [3.05, 3.63) is 84.1 Å². The third-order valence-corrected chi connectivity index (χ3v) is 2.47. The van der Waals surface area contributed by atoms with E-state index in [2.05, 4.69) is 6.08 Å². The summed E-state index contributed by atoms with van der Waals surface area (Å²) in [5, 5.41) is 19.1. The van der Waals surface area contributed by atoms with Gasteiger partial charge in [-0.3, -0.25) is 0 Å². The van der Waals surface area contributed by atoms with Crippen molar-refractivity contribution in [3.8, 4) is 11.5 Å². The van der Waals surface area contributed by atoms with Gasteiger partial charge in [0.15, 0.2) is 0 Å². The van der Waals surface area contributed by atoms with Gasteiger partial charge in [-0.2, -0.15) is 18.2 Å². The number of hydrogen-bond donors (Lipinski definition) is 2. The van der Waals surface area contributed by atoms with Crippen LogP contribution in [0.5, 0.6) is 11.5 Å². The molecule has 2 aromatic rings. The van der Waals surface area contributed by atoms with Crippen molar-refractivity contribution in [2.75, 3.05) is 0 Å². The molecule has 0 atom stereocenters. The molecule has 0 fully saturated rings. The topological polar surface area (TPSA) is 107 Å². The van der Waals surface area contributed by atoms with E-state index < -0.39 is 0 Å². The van der Waals surface area contributed by atoms with Gasteiger partial charge in [-0.15, -0.1) is 12.1 Å². The van der Waals surface area contributed by atoms with Crippen molar-refractivity contribution < 1.29 is 27.0 Å². The number of allylic oxidation sites excluding steroid dienone is 2. The standard InChI is InChI=1S/C16H13O2.Co.2H2N/c17-15-11-5-3-9-13(15)7-1-2-8-14-10-4-6-12-16(14)18;;;/h1,3-12,17-18H;;2*1H2/q-1;+3;2*-1. The van der Waals surface area contributed by atoms with E-state index in [9.17, 15) is 10.2 Å². The fourth-order valence-electron chi connectivity index (χ4n) is 1.51. The fraction of sp³-hybridized carbons (Fsp3) is 0. The Balaban J connectivity index is 0. The first-order valence-corrected chi connectivity index (χ1v) is 5.59. The van der Waals surface area contributed by atoms with Crippen LogP contribution in [-0.2, 0) is 16.8 Å². The van der Waals surface area contributed by atoms with Gasteiger partial charge < -0.3 is 22.5 Å². The fourth-order valence-corrected chi connectivity index (χ4v) is 1.51. The van der Waals surface area contributed by atoms with Crippen LogP contribution in [0.4, 0.5) is 0 Å². The second-order valence-electron chi connectivity index (χ2n) is 3.76. The van der Waals surface area contributed by atoms with Crippen LogP contribution in [0.3, 0.4) is 0 Å². The summed E-state index contributed by atoms with van der Waals surface area (Å²) < 4.78 is 0. The Bertz CT molecular complexity index is 545. The van der Waals surface area contributed by atoms with Gasteiger partial charge in [-0.1, -0.05) is 35.9 Å². The molecule has 4 nitrogen and oxygen atoms in total. The Labute approximate surface area is 135 Å². The van der Waals surface area contributed by atoms with Gasteiger partial charge >= 0.3 is 16.8 Å². The van der Waals surface area contributed by atoms with Gasteiger partial charge in [-0.25, -0.2) is 0 Å². The first-order valence-electron chi connectivity index (χ1n) is 5.59. The summed E-state index contributed by atoms with van der Waals surface area (Å²) in [6.07, 6.45) is 8.08. The molecule has 0 heterocycles. The third-order valence-electron chi connectivity index (χ3n) is 2.47. The number of phenols is 2. The second kappa shape index (κ2) is 10.7. The SMILES string of the molecule is Oc1ccccc1C=[C-]C=Cc1ccccc1O.[Co+3].[NH2-].[NH2-]. The minimum atomic E-state index is 0. The molecular formula is C16H17CoN2O2. The zero-order valence-corrected chi connectivity index (χ0v) is 12.3. The Kier molecular flexibility index (Phi) is 10.8. The van der Waals surface area contributed by atoms with Crippen LogP contribution in [0.15, 0.2) is 54.6 Å². The van der Waals surface area contributed by atoms with Gasteiger partial charge in [0.1, 0.15) is 5.75 Å². The molecule has 0 radical (unpaired) electrons. The van der Waals surface area contributed by atoms with Crippen molar-refractivity contribution in [2.45, 2.75) is 0 Å². The van der Waals surface area contributed by atoms with E-state index in [4.69, 9.17) is 0 Å². The first kappa shape index (κ1) is 21.2. The predicted molar refractivity (Wildman–Crippen MR) is 83.5 cm³/mol. The summed E-state index contributed by atoms with van der Waals surface area (Å²) in [6, 6.07) is 14.1. The quantitative estimate of drug-likeness (QED) is 0.606. The zero-order chi connectivity index (χ0) is 12.8. The number of aromatic hydroxyl groups is 2. The van der Waals surface area contributed by atoms with Crippen molar-refractivity contribution in [3.63, 3.8) is 0 Å². The van der Waals surface area contributed by atoms with Crippen molar-refractivity contribution in [2.24, 2.45) is 0 Å². The molecule has 2 rings (SSSR count). The molecule has 5 heteroatoms. The van der Waals surface area contributed by atoms with Crippen LogP contribution in [0.1, 0.15) is 11.1 Å². The van der Waals surface area contributed by atoms with Gasteiger partial charge in [0, 0.05) is 0 Å². The molecule has 112 valence electrons. The molecule has 0 aliphatic rings. The maximum atomic E-state index is 9.54. The molecule has 2 aromatic carbocycles. The third kappa shape index (κ3) is 6.29. The molecule has 6 N–H and O–H groups in total. The number of hydrogen-bond acceptors (Lipinski definition) is 2. The zero-order valence-electron chi connectivity index (χ0n) is 11.2. The van der Waals surface area contributed by atoms with E-state index in [1.54, 1.807) is 48.6 Å². The Morgan fingerprint density at radius 1 is 0.762 bits per heavy atom. The van der Waals surface area contributed by atoms with E-state index in [0.717, 1.165) is 5.56 Å². The number of para-hydroxylation sites is 2. The maximum absolute atomic E-state index is 9.54. The largest absolute Gasteiger partial charge is 3.00 e. The monoisotopic (exact) mass is 328 g/mol. The van der Waals surface area contributed by atoms with Crippen LogP contribution in [0, 0.1) is 6.08 Å². The number of rotatable bonds is 3. The van der Waals surface area contributed by atoms with Crippen molar-refractivity contribution in [1.29, 1.82) is 0 Å². The van der Waals surface area contributed by atoms with Crippen LogP contribution in [-0.4, -0.2) is 10.2 Å². The number of benzene rings is 2. The van der Waals surface area contributed by atoms with Crippen LogP contribution in [0.25, 0.3) is 24.5 Å². The normalized spacial score (nSPS) is 9.71. The van der Waals surface area contributed by atoms with E-state index in [1.807, 2.05) is 18.2 Å². The molecule has 0 saturated heterocycles. The van der Waals surface area contributed by atoms with E-state index >= 15 is 0 Å². The van der Waals surface area contributed by atoms with E-state index in [1.165, 1.54) is 0 Å². The van der Waals surface area contributed by atoms with Gasteiger partial charge in [0.2, 0.25) is 0 Å². The molecule has 0 unspecified atom stereocenters. The number of phenolic OH excluding ortho intramolecular Hbond substituents is 2.